The number of aryl methyl sites for hydroxylation is 1. The van der Waals surface area contributed by atoms with Crippen molar-refractivity contribution in [2.45, 2.75) is 52.1 Å². The standard InChI is InChI=1S/C25H35N3O3S/c1-4-9-23(10-5-2)28-18-17-27(32(28)29)16-8-7-11-24-14-13-22-19-21(20-26-30-6-3)12-15-25(22)31-24/h4-5,9-10,12,15,19-20,24H,1,6-8,11,13-14,16-18H2,2-3H3/b10-5-,23-9+,26-20+. The molecule has 0 N–H and O–H groups in total. The van der Waals surface area contributed by atoms with Gasteiger partial charge in [0.2, 0.25) is 0 Å². The van der Waals surface area contributed by atoms with Crippen LogP contribution in [0.15, 0.2) is 59.9 Å². The summed E-state index contributed by atoms with van der Waals surface area (Å²) < 4.78 is 23.1. The Morgan fingerprint density at radius 1 is 1.38 bits per heavy atom. The molecule has 1 aromatic rings. The maximum atomic E-state index is 12.9. The van der Waals surface area contributed by atoms with E-state index >= 15 is 0 Å². The van der Waals surface area contributed by atoms with Gasteiger partial charge in [-0.15, -0.1) is 4.31 Å². The van der Waals surface area contributed by atoms with Gasteiger partial charge in [0.15, 0.2) is 11.5 Å². The highest BCUT2D eigenvalue weighted by molar-refractivity contribution is 7.87. The highest BCUT2D eigenvalue weighted by atomic mass is 32.2. The van der Waals surface area contributed by atoms with E-state index in [0.29, 0.717) is 6.61 Å². The summed E-state index contributed by atoms with van der Waals surface area (Å²) in [7, 11) is 0. The van der Waals surface area contributed by atoms with Gasteiger partial charge >= 0.3 is 0 Å². The van der Waals surface area contributed by atoms with Crippen molar-refractivity contribution in [2.24, 2.45) is 5.16 Å². The molecule has 0 spiro atoms. The highest BCUT2D eigenvalue weighted by Crippen LogP contribution is 2.30. The summed E-state index contributed by atoms with van der Waals surface area (Å²) in [5.41, 5.74) is 3.22. The van der Waals surface area contributed by atoms with Crippen molar-refractivity contribution in [3.8, 4) is 5.75 Å². The van der Waals surface area contributed by atoms with E-state index in [1.165, 1.54) is 5.56 Å². The molecule has 1 fully saturated rings. The first-order valence-corrected chi connectivity index (χ1v) is 12.6. The van der Waals surface area contributed by atoms with E-state index in [2.05, 4.69) is 22.1 Å². The van der Waals surface area contributed by atoms with Crippen LogP contribution >= 0.6 is 0 Å². The smallest absolute Gasteiger partial charge is 0.169 e. The minimum Gasteiger partial charge on any atom is -0.573 e. The SMILES string of the molecule is C=C/C=C(\C=C/C)N1CCN(CCCCC2CCc3cc(/C=N/OCC)ccc3O2)[S+]1[O-]. The van der Waals surface area contributed by atoms with Crippen molar-refractivity contribution in [3.63, 3.8) is 0 Å². The van der Waals surface area contributed by atoms with E-state index in [4.69, 9.17) is 9.57 Å². The van der Waals surface area contributed by atoms with Crippen LogP contribution in [0.3, 0.4) is 0 Å². The van der Waals surface area contributed by atoms with Crippen LogP contribution in [0.1, 0.15) is 50.7 Å². The van der Waals surface area contributed by atoms with Crippen LogP contribution < -0.4 is 4.74 Å². The number of hydrogen-bond acceptors (Lipinski definition) is 6. The average molecular weight is 458 g/mol. The molecule has 7 heteroatoms. The highest BCUT2D eigenvalue weighted by Gasteiger charge is 2.36. The van der Waals surface area contributed by atoms with Gasteiger partial charge in [-0.05, 0) is 87.4 Å². The molecule has 0 bridgehead atoms. The third-order valence-electron chi connectivity index (χ3n) is 5.58. The fraction of sp³-hybridized carbons (Fsp3) is 0.480. The van der Waals surface area contributed by atoms with Crippen molar-refractivity contribution in [2.75, 3.05) is 26.2 Å². The van der Waals surface area contributed by atoms with E-state index in [-0.39, 0.29) is 6.10 Å². The number of unbranched alkanes of at least 4 members (excludes halogenated alkanes) is 1. The van der Waals surface area contributed by atoms with E-state index in [1.807, 2.05) is 48.5 Å². The molecule has 2 heterocycles. The maximum absolute atomic E-state index is 12.9. The van der Waals surface area contributed by atoms with Crippen molar-refractivity contribution < 1.29 is 14.1 Å². The lowest BCUT2D eigenvalue weighted by molar-refractivity contribution is 0.159. The number of rotatable bonds is 11. The minimum absolute atomic E-state index is 0.253. The van der Waals surface area contributed by atoms with E-state index < -0.39 is 11.5 Å². The van der Waals surface area contributed by atoms with Crippen LogP contribution in [0.25, 0.3) is 0 Å². The Morgan fingerprint density at radius 2 is 2.25 bits per heavy atom. The average Bonchev–Trinajstić information content (AvgIpc) is 3.17. The maximum Gasteiger partial charge on any atom is 0.169 e. The molecule has 1 aromatic carbocycles. The lowest BCUT2D eigenvalue weighted by Gasteiger charge is -2.26. The topological polar surface area (TPSA) is 60.4 Å². The lowest BCUT2D eigenvalue weighted by Crippen LogP contribution is -2.33. The Kier molecular flexibility index (Phi) is 9.71. The Bertz CT molecular complexity index is 840. The number of allylic oxidation sites excluding steroid dienone is 4. The normalized spacial score (nSPS) is 21.8. The summed E-state index contributed by atoms with van der Waals surface area (Å²) in [6.45, 7) is 10.7. The summed E-state index contributed by atoms with van der Waals surface area (Å²) in [6, 6.07) is 6.18. The summed E-state index contributed by atoms with van der Waals surface area (Å²) in [5.74, 6) is 0.983. The first-order chi connectivity index (χ1) is 15.7. The third-order valence-corrected chi connectivity index (χ3v) is 7.16. The molecule has 0 aliphatic carbocycles. The molecule has 2 aliphatic rings. The van der Waals surface area contributed by atoms with Crippen LogP contribution in [0.4, 0.5) is 0 Å². The molecule has 2 unspecified atom stereocenters. The predicted molar refractivity (Wildman–Crippen MR) is 132 cm³/mol. The van der Waals surface area contributed by atoms with E-state index in [9.17, 15) is 4.55 Å². The molecule has 6 nitrogen and oxygen atoms in total. The van der Waals surface area contributed by atoms with Crippen molar-refractivity contribution >= 4 is 17.8 Å². The van der Waals surface area contributed by atoms with Crippen LogP contribution in [0.5, 0.6) is 5.75 Å². The molecule has 2 aliphatic heterocycles. The number of ether oxygens (including phenoxy) is 1. The molecular formula is C25H35N3O3S. The van der Waals surface area contributed by atoms with Gasteiger partial charge in [0.1, 0.15) is 12.4 Å². The van der Waals surface area contributed by atoms with Gasteiger partial charge in [0.05, 0.1) is 31.1 Å². The summed E-state index contributed by atoms with van der Waals surface area (Å²) in [5, 5.41) is 3.94. The van der Waals surface area contributed by atoms with Crippen LogP contribution in [0.2, 0.25) is 0 Å². The van der Waals surface area contributed by atoms with E-state index in [0.717, 1.165) is 68.7 Å². The second kappa shape index (κ2) is 12.7. The molecule has 3 rings (SSSR count). The summed E-state index contributed by atoms with van der Waals surface area (Å²) in [4.78, 5) is 5.04. The first kappa shape index (κ1) is 24.4. The fourth-order valence-electron chi connectivity index (χ4n) is 4.00. The zero-order chi connectivity index (χ0) is 22.8. The van der Waals surface area contributed by atoms with Gasteiger partial charge in [-0.25, -0.2) is 0 Å². The number of hydrogen-bond donors (Lipinski definition) is 0. The van der Waals surface area contributed by atoms with Crippen LogP contribution in [-0.2, 0) is 22.8 Å². The zero-order valence-electron chi connectivity index (χ0n) is 19.2. The van der Waals surface area contributed by atoms with Gasteiger partial charge in [-0.1, -0.05) is 23.9 Å². The Hall–Kier alpha value is -2.22. The molecular weight excluding hydrogens is 422 g/mol. The molecule has 174 valence electrons. The molecule has 1 saturated heterocycles. The molecule has 2 atom stereocenters. The summed E-state index contributed by atoms with van der Waals surface area (Å²) >= 11 is -1.13. The largest absolute Gasteiger partial charge is 0.573 e. The predicted octanol–water partition coefficient (Wildman–Crippen LogP) is 4.76. The first-order valence-electron chi connectivity index (χ1n) is 11.5. The van der Waals surface area contributed by atoms with E-state index in [1.54, 1.807) is 12.3 Å². The van der Waals surface area contributed by atoms with Gasteiger partial charge < -0.3 is 14.1 Å². The van der Waals surface area contributed by atoms with Gasteiger partial charge in [-0.3, -0.25) is 0 Å². The zero-order valence-corrected chi connectivity index (χ0v) is 20.1. The fourth-order valence-corrected chi connectivity index (χ4v) is 5.34. The molecule has 0 radical (unpaired) electrons. The van der Waals surface area contributed by atoms with Gasteiger partial charge in [0.25, 0.3) is 0 Å². The quantitative estimate of drug-likeness (QED) is 0.158. The van der Waals surface area contributed by atoms with Gasteiger partial charge in [-0.2, -0.15) is 4.31 Å². The summed E-state index contributed by atoms with van der Waals surface area (Å²) in [6.07, 6.45) is 14.8. The number of fused-ring (bicyclic) bond motifs is 1. The minimum atomic E-state index is -1.13. The molecule has 0 saturated carbocycles. The number of benzene rings is 1. The van der Waals surface area contributed by atoms with Crippen molar-refractivity contribution in [1.29, 1.82) is 0 Å². The third kappa shape index (κ3) is 6.64. The Balaban J connectivity index is 1.41. The van der Waals surface area contributed by atoms with Crippen LogP contribution in [-0.4, -0.2) is 51.7 Å². The van der Waals surface area contributed by atoms with Crippen molar-refractivity contribution in [3.05, 3.63) is 65.9 Å². The Morgan fingerprint density at radius 3 is 3.03 bits per heavy atom. The molecule has 0 aromatic heterocycles. The van der Waals surface area contributed by atoms with Crippen LogP contribution in [0, 0.1) is 0 Å². The molecule has 32 heavy (non-hydrogen) atoms. The number of nitrogens with zero attached hydrogens (tertiary/aromatic N) is 3. The van der Waals surface area contributed by atoms with Gasteiger partial charge in [0, 0.05) is 6.54 Å². The molecule has 0 amide bonds. The monoisotopic (exact) mass is 457 g/mol. The number of oxime groups is 1. The second-order valence-electron chi connectivity index (χ2n) is 7.88. The lowest BCUT2D eigenvalue weighted by atomic mass is 9.97. The Labute approximate surface area is 195 Å². The van der Waals surface area contributed by atoms with Crippen molar-refractivity contribution in [1.82, 2.24) is 8.61 Å². The second-order valence-corrected chi connectivity index (χ2v) is 9.30.